The molecule has 83 heavy (non-hydrogen) atoms. The molecule has 0 radical (unpaired) electrons. The first-order valence-electron chi connectivity index (χ1n) is 36.2. The molecule has 0 heterocycles. The molecular weight excluding hydrogens is 1040 g/mol. The van der Waals surface area contributed by atoms with Crippen LogP contribution in [0.3, 0.4) is 0 Å². The van der Waals surface area contributed by atoms with E-state index in [9.17, 15) is 19.4 Å². The third-order valence-electron chi connectivity index (χ3n) is 16.4. The number of hydrogen-bond acceptors (Lipinski definition) is 6. The molecule has 3 atom stereocenters. The van der Waals surface area contributed by atoms with E-state index in [4.69, 9.17) is 9.05 Å². The summed E-state index contributed by atoms with van der Waals surface area (Å²) in [6.07, 6.45) is 89.4. The molecule has 0 bridgehead atoms. The molecule has 9 heteroatoms. The Morgan fingerprint density at radius 2 is 0.711 bits per heavy atom. The third kappa shape index (κ3) is 67.6. The molecular formula is C74H141N2O6P. The van der Waals surface area contributed by atoms with Crippen molar-refractivity contribution in [1.29, 1.82) is 0 Å². The summed E-state index contributed by atoms with van der Waals surface area (Å²) >= 11 is 0. The monoisotopic (exact) mass is 1190 g/mol. The first kappa shape index (κ1) is 81.2. The molecule has 0 spiro atoms. The number of amides is 1. The van der Waals surface area contributed by atoms with Crippen molar-refractivity contribution in [2.75, 3.05) is 40.9 Å². The van der Waals surface area contributed by atoms with Gasteiger partial charge in [-0.25, -0.2) is 0 Å². The molecule has 0 rings (SSSR count). The number of carbonyl (C=O) groups is 1. The number of rotatable bonds is 67. The lowest BCUT2D eigenvalue weighted by Gasteiger charge is -2.29. The minimum absolute atomic E-state index is 0.00837. The number of allylic oxidation sites excluding steroid dienone is 9. The number of nitrogens with zero attached hydrogens (tertiary/aromatic N) is 1. The van der Waals surface area contributed by atoms with Crippen LogP contribution >= 0.6 is 7.82 Å². The van der Waals surface area contributed by atoms with Crippen molar-refractivity contribution in [2.45, 2.75) is 366 Å². The minimum atomic E-state index is -4.62. The summed E-state index contributed by atoms with van der Waals surface area (Å²) in [6.45, 7) is 4.65. The lowest BCUT2D eigenvalue weighted by Crippen LogP contribution is -2.45. The molecule has 0 aliphatic carbocycles. The number of phosphoric ester groups is 1. The van der Waals surface area contributed by atoms with Crippen LogP contribution in [0.2, 0.25) is 0 Å². The van der Waals surface area contributed by atoms with E-state index in [2.05, 4.69) is 67.8 Å². The van der Waals surface area contributed by atoms with Gasteiger partial charge in [0.05, 0.1) is 39.9 Å². The van der Waals surface area contributed by atoms with Gasteiger partial charge >= 0.3 is 0 Å². The van der Waals surface area contributed by atoms with Gasteiger partial charge in [0.2, 0.25) is 5.91 Å². The maximum atomic E-state index is 13.0. The molecule has 0 aromatic rings. The normalized spacial score (nSPS) is 14.0. The molecule has 0 aromatic heterocycles. The van der Waals surface area contributed by atoms with Gasteiger partial charge in [-0.3, -0.25) is 9.36 Å². The maximum Gasteiger partial charge on any atom is 0.268 e. The van der Waals surface area contributed by atoms with Crippen molar-refractivity contribution in [1.82, 2.24) is 5.32 Å². The predicted molar refractivity (Wildman–Crippen MR) is 362 cm³/mol. The minimum Gasteiger partial charge on any atom is -0.756 e. The van der Waals surface area contributed by atoms with E-state index in [1.165, 1.54) is 283 Å². The second-order valence-corrected chi connectivity index (χ2v) is 27.3. The summed E-state index contributed by atoms with van der Waals surface area (Å²) in [5.74, 6) is -0.205. The predicted octanol–water partition coefficient (Wildman–Crippen LogP) is 22.5. The number of hydrogen-bond donors (Lipinski definition) is 2. The number of carbonyl (C=O) groups excluding carboxylic acids is 1. The molecule has 1 amide bonds. The summed E-state index contributed by atoms with van der Waals surface area (Å²) in [5, 5.41) is 13.9. The highest BCUT2D eigenvalue weighted by molar-refractivity contribution is 7.45. The molecule has 0 aliphatic rings. The molecule has 3 unspecified atom stereocenters. The summed E-state index contributed by atoms with van der Waals surface area (Å²) in [5.41, 5.74) is 0. The van der Waals surface area contributed by atoms with Crippen molar-refractivity contribution in [3.8, 4) is 0 Å². The Bertz CT molecular complexity index is 1540. The zero-order valence-electron chi connectivity index (χ0n) is 55.9. The van der Waals surface area contributed by atoms with Gasteiger partial charge in [-0.05, 0) is 77.0 Å². The molecule has 0 aliphatic heterocycles. The molecule has 0 aromatic carbocycles. The number of phosphoric acid groups is 1. The van der Waals surface area contributed by atoms with Gasteiger partial charge in [-0.2, -0.15) is 0 Å². The van der Waals surface area contributed by atoms with E-state index in [-0.39, 0.29) is 12.5 Å². The lowest BCUT2D eigenvalue weighted by atomic mass is 10.0. The van der Waals surface area contributed by atoms with Crippen LogP contribution in [0.4, 0.5) is 0 Å². The molecule has 0 saturated carbocycles. The van der Waals surface area contributed by atoms with E-state index in [0.29, 0.717) is 17.4 Å². The topological polar surface area (TPSA) is 108 Å². The highest BCUT2D eigenvalue weighted by Gasteiger charge is 2.23. The number of unbranched alkanes of at least 4 members (excludes halogenated alkanes) is 46. The average Bonchev–Trinajstić information content (AvgIpc) is 3.50. The van der Waals surface area contributed by atoms with Crippen LogP contribution in [0.5, 0.6) is 0 Å². The summed E-state index contributed by atoms with van der Waals surface area (Å²) in [7, 11) is 1.25. The van der Waals surface area contributed by atoms with Gasteiger partial charge in [0.1, 0.15) is 13.2 Å². The number of nitrogens with one attached hydrogen (secondary N) is 1. The number of aliphatic hydroxyl groups is 1. The van der Waals surface area contributed by atoms with E-state index < -0.39 is 26.6 Å². The fourth-order valence-corrected chi connectivity index (χ4v) is 11.5. The smallest absolute Gasteiger partial charge is 0.268 e. The largest absolute Gasteiger partial charge is 0.756 e. The van der Waals surface area contributed by atoms with Crippen molar-refractivity contribution >= 4 is 13.7 Å². The van der Waals surface area contributed by atoms with Crippen molar-refractivity contribution < 1.29 is 32.9 Å². The molecule has 8 nitrogen and oxygen atoms in total. The van der Waals surface area contributed by atoms with E-state index in [1.54, 1.807) is 6.08 Å². The van der Waals surface area contributed by atoms with Crippen molar-refractivity contribution in [3.05, 3.63) is 60.8 Å². The molecule has 0 fully saturated rings. The number of likely N-dealkylation sites (N-methyl/N-ethyl adjacent to an activating group) is 1. The van der Waals surface area contributed by atoms with Gasteiger partial charge in [-0.1, -0.05) is 331 Å². The third-order valence-corrected chi connectivity index (χ3v) is 17.4. The molecule has 488 valence electrons. The van der Waals surface area contributed by atoms with Crippen LogP contribution in [0.25, 0.3) is 0 Å². The average molecular weight is 1190 g/mol. The lowest BCUT2D eigenvalue weighted by molar-refractivity contribution is -0.870. The number of aliphatic hydroxyl groups excluding tert-OH is 1. The maximum absolute atomic E-state index is 13.0. The van der Waals surface area contributed by atoms with E-state index in [0.717, 1.165) is 51.4 Å². The standard InChI is InChI=1S/C74H141N2O6P/c1-6-8-10-12-14-16-18-20-22-24-26-28-30-31-32-33-34-35-36-37-38-39-40-41-42-43-44-45-46-48-50-52-54-56-58-60-62-64-66-68-74(78)75-72(71-82-83(79,80)81-70-69-76(3,4)5)73(77)67-65-63-61-59-57-55-53-51-49-47-29-27-25-23-21-19-17-15-13-11-9-7-2/h18,20,24,26,49,51,57,59,65,67,72-73,77H,6-17,19,21-23,25,27-48,50,52-56,58,60-64,66,68-71H2,1-5H3,(H-,75,78,79,80)/b20-18-,26-24-,51-49+,59-57+,67-65+. The first-order chi connectivity index (χ1) is 40.5. The first-order valence-corrected chi connectivity index (χ1v) is 37.6. The van der Waals surface area contributed by atoms with Crippen LogP contribution in [0.15, 0.2) is 60.8 Å². The zero-order valence-corrected chi connectivity index (χ0v) is 56.8. The second kappa shape index (κ2) is 64.7. The summed E-state index contributed by atoms with van der Waals surface area (Å²) in [4.78, 5) is 25.6. The molecule has 2 N–H and O–H groups in total. The Morgan fingerprint density at radius 3 is 1.05 bits per heavy atom. The quantitative estimate of drug-likeness (QED) is 0.0272. The Labute approximate surface area is 517 Å². The fourth-order valence-electron chi connectivity index (χ4n) is 10.8. The second-order valence-electron chi connectivity index (χ2n) is 25.9. The Morgan fingerprint density at radius 1 is 0.422 bits per heavy atom. The number of quaternary nitrogens is 1. The Hall–Kier alpha value is -1.80. The van der Waals surface area contributed by atoms with Gasteiger partial charge < -0.3 is 28.8 Å². The van der Waals surface area contributed by atoms with Gasteiger partial charge in [-0.15, -0.1) is 0 Å². The fraction of sp³-hybridized carbons (Fsp3) is 0.851. The Balaban J connectivity index is 3.98. The van der Waals surface area contributed by atoms with Crippen molar-refractivity contribution in [3.63, 3.8) is 0 Å². The van der Waals surface area contributed by atoms with Crippen LogP contribution < -0.4 is 10.2 Å². The van der Waals surface area contributed by atoms with Crippen LogP contribution in [0, 0.1) is 0 Å². The summed E-state index contributed by atoms with van der Waals surface area (Å²) < 4.78 is 23.4. The van der Waals surface area contributed by atoms with Crippen LogP contribution in [-0.4, -0.2) is 68.5 Å². The van der Waals surface area contributed by atoms with E-state index >= 15 is 0 Å². The van der Waals surface area contributed by atoms with Gasteiger partial charge in [0.15, 0.2) is 0 Å². The Kier molecular flexibility index (Phi) is 63.3. The van der Waals surface area contributed by atoms with E-state index in [1.807, 2.05) is 27.2 Å². The van der Waals surface area contributed by atoms with Gasteiger partial charge in [0.25, 0.3) is 7.82 Å². The van der Waals surface area contributed by atoms with Gasteiger partial charge in [0, 0.05) is 6.42 Å². The highest BCUT2D eigenvalue weighted by atomic mass is 31.2. The zero-order chi connectivity index (χ0) is 60.5. The van der Waals surface area contributed by atoms with Crippen LogP contribution in [0.1, 0.15) is 354 Å². The summed E-state index contributed by atoms with van der Waals surface area (Å²) in [6, 6.07) is -0.911. The van der Waals surface area contributed by atoms with Crippen molar-refractivity contribution in [2.24, 2.45) is 0 Å². The highest BCUT2D eigenvalue weighted by Crippen LogP contribution is 2.38. The van der Waals surface area contributed by atoms with Crippen LogP contribution in [-0.2, 0) is 18.4 Å². The SMILES string of the molecule is CCCCCCC/C=C\C/C=C\CCCCCCCCCCCCCCCCCCCCCCCCCCCCCC(=O)NC(COP(=O)([O-])OCC[N+](C)(C)C)C(O)/C=C/CC/C=C/CC/C=C/CCCCCCCCCCCCCC. The molecule has 0 saturated heterocycles.